The van der Waals surface area contributed by atoms with Crippen molar-refractivity contribution in [1.82, 2.24) is 5.32 Å². The number of ether oxygens (including phenoxy) is 3. The summed E-state index contributed by atoms with van der Waals surface area (Å²) in [5.74, 6) is -3.16. The van der Waals surface area contributed by atoms with E-state index in [4.69, 9.17) is 14.2 Å². The standard InChI is InChI=1S/C18H31NO12/c20-4-10-11(22)12(23)13(24)17(30-10)31-14-9(21)5-29-18(28,15(14)25)6-19-8(16(26)27)3-7-1-2-7/h7-15,17,19-25,28H,1-6H2,(H,26,27). The Bertz CT molecular complexity index is 618. The Morgan fingerprint density at radius 1 is 1.13 bits per heavy atom. The molecule has 180 valence electrons. The van der Waals surface area contributed by atoms with Crippen LogP contribution in [0.2, 0.25) is 0 Å². The van der Waals surface area contributed by atoms with Gasteiger partial charge >= 0.3 is 5.97 Å². The van der Waals surface area contributed by atoms with Gasteiger partial charge in [0.25, 0.3) is 0 Å². The normalized spacial score (nSPS) is 44.7. The van der Waals surface area contributed by atoms with Gasteiger partial charge in [-0.15, -0.1) is 0 Å². The van der Waals surface area contributed by atoms with Crippen molar-refractivity contribution in [3.05, 3.63) is 0 Å². The summed E-state index contributed by atoms with van der Waals surface area (Å²) >= 11 is 0. The van der Waals surface area contributed by atoms with Gasteiger partial charge in [0, 0.05) is 0 Å². The molecule has 3 rings (SSSR count). The molecule has 0 aromatic heterocycles. The minimum Gasteiger partial charge on any atom is -0.480 e. The third-order valence-electron chi connectivity index (χ3n) is 5.96. The van der Waals surface area contributed by atoms with Crippen LogP contribution in [0.15, 0.2) is 0 Å². The van der Waals surface area contributed by atoms with Crippen molar-refractivity contribution in [2.24, 2.45) is 5.92 Å². The summed E-state index contributed by atoms with van der Waals surface area (Å²) < 4.78 is 15.8. The van der Waals surface area contributed by atoms with E-state index in [1.807, 2.05) is 0 Å². The molecular weight excluding hydrogens is 422 g/mol. The maximum absolute atomic E-state index is 11.4. The predicted octanol–water partition coefficient (Wildman–Crippen LogP) is -4.54. The molecule has 13 nitrogen and oxygen atoms in total. The molecule has 0 aromatic rings. The number of carbonyl (C=O) groups is 1. The van der Waals surface area contributed by atoms with E-state index in [-0.39, 0.29) is 5.92 Å². The number of hydrogen-bond acceptors (Lipinski definition) is 12. The predicted molar refractivity (Wildman–Crippen MR) is 98.3 cm³/mol. The Hall–Kier alpha value is -0.970. The summed E-state index contributed by atoms with van der Waals surface area (Å²) in [4.78, 5) is 11.4. The van der Waals surface area contributed by atoms with Crippen molar-refractivity contribution in [1.29, 1.82) is 0 Å². The molecule has 13 heteroatoms. The van der Waals surface area contributed by atoms with Gasteiger partial charge < -0.3 is 55.1 Å². The molecule has 2 saturated heterocycles. The summed E-state index contributed by atoms with van der Waals surface area (Å²) in [5.41, 5.74) is 0. The van der Waals surface area contributed by atoms with Gasteiger partial charge in [-0.05, 0) is 12.3 Å². The number of carboxylic acid groups (broad SMARTS) is 1. The maximum atomic E-state index is 11.4. The number of aliphatic hydroxyl groups excluding tert-OH is 6. The first-order chi connectivity index (χ1) is 14.6. The van der Waals surface area contributed by atoms with E-state index in [9.17, 15) is 45.6 Å². The van der Waals surface area contributed by atoms with Gasteiger partial charge in [0.1, 0.15) is 48.8 Å². The van der Waals surface area contributed by atoms with E-state index in [0.29, 0.717) is 6.42 Å². The first-order valence-corrected chi connectivity index (χ1v) is 10.2. The summed E-state index contributed by atoms with van der Waals surface area (Å²) in [6, 6.07) is -0.969. The fraction of sp³-hybridized carbons (Fsp3) is 0.944. The Balaban J connectivity index is 1.65. The average Bonchev–Trinajstić information content (AvgIpc) is 3.55. The third-order valence-corrected chi connectivity index (χ3v) is 5.96. The highest BCUT2D eigenvalue weighted by molar-refractivity contribution is 5.73. The minimum atomic E-state index is -2.32. The van der Waals surface area contributed by atoms with Crippen LogP contribution in [-0.4, -0.2) is 127 Å². The number of nitrogens with one attached hydrogen (secondary N) is 1. The molecule has 1 aliphatic carbocycles. The molecule has 0 bridgehead atoms. The van der Waals surface area contributed by atoms with Gasteiger partial charge in [-0.3, -0.25) is 10.1 Å². The fourth-order valence-electron chi connectivity index (χ4n) is 3.76. The molecule has 31 heavy (non-hydrogen) atoms. The Kier molecular flexibility index (Phi) is 7.87. The van der Waals surface area contributed by atoms with Crippen LogP contribution < -0.4 is 5.32 Å². The number of aliphatic hydroxyl groups is 7. The first kappa shape index (κ1) is 24.7. The SMILES string of the molecule is O=C(O)C(CC1CC1)NCC1(O)OCC(O)C(OC2OC(CO)C(O)C(O)C2O)C1O. The molecule has 10 unspecified atom stereocenters. The number of carboxylic acids is 1. The largest absolute Gasteiger partial charge is 0.480 e. The zero-order valence-corrected chi connectivity index (χ0v) is 16.7. The number of rotatable bonds is 9. The molecule has 3 fully saturated rings. The first-order valence-electron chi connectivity index (χ1n) is 10.2. The monoisotopic (exact) mass is 453 g/mol. The zero-order valence-electron chi connectivity index (χ0n) is 16.7. The van der Waals surface area contributed by atoms with Gasteiger partial charge in [-0.2, -0.15) is 0 Å². The maximum Gasteiger partial charge on any atom is 0.320 e. The Morgan fingerprint density at radius 3 is 2.39 bits per heavy atom. The van der Waals surface area contributed by atoms with E-state index >= 15 is 0 Å². The number of hydrogen-bond donors (Lipinski definition) is 9. The lowest BCUT2D eigenvalue weighted by Gasteiger charge is -2.47. The van der Waals surface area contributed by atoms with Crippen LogP contribution in [0.5, 0.6) is 0 Å². The van der Waals surface area contributed by atoms with E-state index in [1.54, 1.807) is 0 Å². The molecule has 2 aliphatic heterocycles. The minimum absolute atomic E-state index is 0.282. The van der Waals surface area contributed by atoms with Gasteiger partial charge in [-0.25, -0.2) is 0 Å². The molecule has 0 aromatic carbocycles. The molecular formula is C18H31NO12. The lowest BCUT2D eigenvalue weighted by molar-refractivity contribution is -0.367. The molecule has 9 N–H and O–H groups in total. The van der Waals surface area contributed by atoms with Gasteiger partial charge in [0.2, 0.25) is 5.79 Å². The van der Waals surface area contributed by atoms with Crippen LogP contribution in [0.1, 0.15) is 19.3 Å². The van der Waals surface area contributed by atoms with Gasteiger partial charge in [0.15, 0.2) is 6.29 Å². The van der Waals surface area contributed by atoms with E-state index < -0.39 is 86.6 Å². The van der Waals surface area contributed by atoms with Crippen molar-refractivity contribution in [3.8, 4) is 0 Å². The van der Waals surface area contributed by atoms with Crippen molar-refractivity contribution >= 4 is 5.97 Å². The van der Waals surface area contributed by atoms with Crippen molar-refractivity contribution in [3.63, 3.8) is 0 Å². The van der Waals surface area contributed by atoms with Crippen molar-refractivity contribution in [2.45, 2.75) is 80.1 Å². The topological polar surface area (TPSA) is 219 Å². The van der Waals surface area contributed by atoms with Crippen LogP contribution in [0, 0.1) is 5.92 Å². The lowest BCUT2D eigenvalue weighted by atomic mass is 9.95. The highest BCUT2D eigenvalue weighted by Gasteiger charge is 2.53. The quantitative estimate of drug-likeness (QED) is 0.161. The smallest absolute Gasteiger partial charge is 0.320 e. The van der Waals surface area contributed by atoms with Crippen LogP contribution in [0.4, 0.5) is 0 Å². The van der Waals surface area contributed by atoms with Crippen LogP contribution >= 0.6 is 0 Å². The van der Waals surface area contributed by atoms with Crippen LogP contribution in [0.25, 0.3) is 0 Å². The van der Waals surface area contributed by atoms with Gasteiger partial charge in [-0.1, -0.05) is 12.8 Å². The lowest BCUT2D eigenvalue weighted by Crippen LogP contribution is -2.68. The number of aliphatic carboxylic acids is 1. The van der Waals surface area contributed by atoms with Crippen molar-refractivity contribution < 1.29 is 59.9 Å². The average molecular weight is 453 g/mol. The molecule has 1 saturated carbocycles. The van der Waals surface area contributed by atoms with E-state index in [2.05, 4.69) is 5.32 Å². The molecule has 0 amide bonds. The summed E-state index contributed by atoms with van der Waals surface area (Å²) in [6.45, 7) is -1.67. The highest BCUT2D eigenvalue weighted by atomic mass is 16.7. The zero-order chi connectivity index (χ0) is 22.9. The van der Waals surface area contributed by atoms with E-state index in [0.717, 1.165) is 12.8 Å². The van der Waals surface area contributed by atoms with Gasteiger partial charge in [0.05, 0.1) is 19.8 Å². The Labute approximate surface area is 177 Å². The fourth-order valence-corrected chi connectivity index (χ4v) is 3.76. The summed E-state index contributed by atoms with van der Waals surface area (Å²) in [6.07, 6.45) is -10.8. The highest BCUT2D eigenvalue weighted by Crippen LogP contribution is 2.34. The van der Waals surface area contributed by atoms with E-state index in [1.165, 1.54) is 0 Å². The third kappa shape index (κ3) is 5.51. The summed E-state index contributed by atoms with van der Waals surface area (Å²) in [5, 5.41) is 82.6. The second-order valence-corrected chi connectivity index (χ2v) is 8.42. The van der Waals surface area contributed by atoms with Crippen molar-refractivity contribution in [2.75, 3.05) is 19.8 Å². The molecule has 10 atom stereocenters. The molecule has 0 spiro atoms. The second kappa shape index (κ2) is 9.89. The molecule has 3 aliphatic rings. The van der Waals surface area contributed by atoms with Crippen LogP contribution in [-0.2, 0) is 19.0 Å². The summed E-state index contributed by atoms with van der Waals surface area (Å²) in [7, 11) is 0. The molecule has 0 radical (unpaired) electrons. The molecule has 2 heterocycles. The van der Waals surface area contributed by atoms with Crippen LogP contribution in [0.3, 0.4) is 0 Å². The Morgan fingerprint density at radius 2 is 1.81 bits per heavy atom. The second-order valence-electron chi connectivity index (χ2n) is 8.42.